The van der Waals surface area contributed by atoms with Gasteiger partial charge in [0.05, 0.1) is 11.1 Å². The molecular formula is C22H24N8O3. The fourth-order valence-electron chi connectivity index (χ4n) is 3.64. The van der Waals surface area contributed by atoms with Gasteiger partial charge in [-0.05, 0) is 30.0 Å². The van der Waals surface area contributed by atoms with Crippen LogP contribution in [0.3, 0.4) is 0 Å². The van der Waals surface area contributed by atoms with Crippen LogP contribution in [0, 0.1) is 16.0 Å². The fraction of sp³-hybridized carbons (Fsp3) is 0.318. The molecule has 2 heterocycles. The standard InChI is InChI=1S/C22H24N8O3/c1-16-9-11-28(12-10-16)19-8-7-17(13-20(19)30(32)33)14-23-24-21(31)15-29-26-22(25-27-29)18-5-3-2-4-6-18/h2-8,13-14,16H,9-12,15H2,1H3,(H,24,31)/b23-14+. The largest absolute Gasteiger partial charge is 0.366 e. The van der Waals surface area contributed by atoms with E-state index in [1.54, 1.807) is 12.1 Å². The maximum absolute atomic E-state index is 12.1. The molecule has 1 fully saturated rings. The third-order valence-corrected chi connectivity index (χ3v) is 5.49. The Kier molecular flexibility index (Phi) is 6.67. The Labute approximate surface area is 190 Å². The molecule has 170 valence electrons. The Morgan fingerprint density at radius 2 is 2.00 bits per heavy atom. The van der Waals surface area contributed by atoms with Crippen molar-refractivity contribution in [3.8, 4) is 11.4 Å². The van der Waals surface area contributed by atoms with Crippen LogP contribution in [0.25, 0.3) is 11.4 Å². The van der Waals surface area contributed by atoms with Crippen LogP contribution in [0.15, 0.2) is 53.6 Å². The van der Waals surface area contributed by atoms with Gasteiger partial charge in [-0.1, -0.05) is 43.3 Å². The van der Waals surface area contributed by atoms with Crippen molar-refractivity contribution in [3.05, 3.63) is 64.2 Å². The number of anilines is 1. The summed E-state index contributed by atoms with van der Waals surface area (Å²) >= 11 is 0. The van der Waals surface area contributed by atoms with Crippen LogP contribution >= 0.6 is 0 Å². The minimum Gasteiger partial charge on any atom is -0.366 e. The monoisotopic (exact) mass is 448 g/mol. The molecule has 1 N–H and O–H groups in total. The number of nitro benzene ring substituents is 1. The minimum atomic E-state index is -0.447. The number of rotatable bonds is 7. The van der Waals surface area contributed by atoms with Crippen molar-refractivity contribution in [2.75, 3.05) is 18.0 Å². The zero-order valence-corrected chi connectivity index (χ0v) is 18.2. The summed E-state index contributed by atoms with van der Waals surface area (Å²) in [6, 6.07) is 14.3. The van der Waals surface area contributed by atoms with E-state index in [2.05, 4.69) is 37.8 Å². The number of benzene rings is 2. The summed E-state index contributed by atoms with van der Waals surface area (Å²) in [6.07, 6.45) is 3.40. The van der Waals surface area contributed by atoms with Gasteiger partial charge in [0.1, 0.15) is 12.2 Å². The molecule has 11 heteroatoms. The lowest BCUT2D eigenvalue weighted by Crippen LogP contribution is -2.33. The highest BCUT2D eigenvalue weighted by atomic mass is 16.6. The van der Waals surface area contributed by atoms with Gasteiger partial charge < -0.3 is 4.90 Å². The molecule has 1 amide bonds. The molecule has 1 aliphatic heterocycles. The van der Waals surface area contributed by atoms with Crippen molar-refractivity contribution < 1.29 is 9.72 Å². The van der Waals surface area contributed by atoms with Gasteiger partial charge in [-0.3, -0.25) is 14.9 Å². The SMILES string of the molecule is CC1CCN(c2ccc(/C=N/NC(=O)Cn3nnc(-c4ccccc4)n3)cc2[N+](=O)[O-])CC1. The number of nitro groups is 1. The van der Waals surface area contributed by atoms with Gasteiger partial charge in [-0.2, -0.15) is 9.90 Å². The Hall–Kier alpha value is -4.15. The number of nitrogens with zero attached hydrogens (tertiary/aromatic N) is 7. The van der Waals surface area contributed by atoms with Crippen molar-refractivity contribution in [2.45, 2.75) is 26.3 Å². The lowest BCUT2D eigenvalue weighted by Gasteiger charge is -2.31. The summed E-state index contributed by atoms with van der Waals surface area (Å²) in [5, 5.41) is 27.5. The topological polar surface area (TPSA) is 131 Å². The summed E-state index contributed by atoms with van der Waals surface area (Å²) in [7, 11) is 0. The van der Waals surface area contributed by atoms with Crippen LogP contribution in [0.2, 0.25) is 0 Å². The van der Waals surface area contributed by atoms with Crippen molar-refractivity contribution in [1.82, 2.24) is 25.6 Å². The Bertz CT molecular complexity index is 1150. The average molecular weight is 448 g/mol. The predicted octanol–water partition coefficient (Wildman–Crippen LogP) is 2.63. The number of tetrazole rings is 1. The Morgan fingerprint density at radius 1 is 1.24 bits per heavy atom. The fourth-order valence-corrected chi connectivity index (χ4v) is 3.64. The molecular weight excluding hydrogens is 424 g/mol. The van der Waals surface area contributed by atoms with E-state index in [0.717, 1.165) is 31.5 Å². The number of hydrogen-bond acceptors (Lipinski definition) is 8. The first-order chi connectivity index (χ1) is 16.0. The lowest BCUT2D eigenvalue weighted by molar-refractivity contribution is -0.384. The van der Waals surface area contributed by atoms with E-state index in [0.29, 0.717) is 23.0 Å². The molecule has 3 aromatic rings. The van der Waals surface area contributed by atoms with E-state index in [4.69, 9.17) is 0 Å². The number of carbonyl (C=O) groups is 1. The van der Waals surface area contributed by atoms with E-state index in [9.17, 15) is 14.9 Å². The number of hydrazone groups is 1. The van der Waals surface area contributed by atoms with Crippen LogP contribution in [0.1, 0.15) is 25.3 Å². The predicted molar refractivity (Wildman–Crippen MR) is 123 cm³/mol. The molecule has 2 aromatic carbocycles. The molecule has 0 spiro atoms. The Morgan fingerprint density at radius 3 is 2.73 bits per heavy atom. The van der Waals surface area contributed by atoms with E-state index in [1.807, 2.05) is 30.3 Å². The quantitative estimate of drug-likeness (QED) is 0.334. The molecule has 11 nitrogen and oxygen atoms in total. The first-order valence-corrected chi connectivity index (χ1v) is 10.7. The van der Waals surface area contributed by atoms with Crippen LogP contribution in [-0.2, 0) is 11.3 Å². The normalized spacial score (nSPS) is 14.5. The molecule has 0 atom stereocenters. The number of hydrogen-bond donors (Lipinski definition) is 1. The van der Waals surface area contributed by atoms with Crippen molar-refractivity contribution in [3.63, 3.8) is 0 Å². The molecule has 0 saturated carbocycles. The maximum atomic E-state index is 12.1. The molecule has 4 rings (SSSR count). The zero-order chi connectivity index (χ0) is 23.2. The highest BCUT2D eigenvalue weighted by molar-refractivity contribution is 5.84. The highest BCUT2D eigenvalue weighted by Gasteiger charge is 2.23. The minimum absolute atomic E-state index is 0.0279. The third-order valence-electron chi connectivity index (χ3n) is 5.49. The van der Waals surface area contributed by atoms with Gasteiger partial charge in [-0.15, -0.1) is 10.2 Å². The van der Waals surface area contributed by atoms with E-state index in [-0.39, 0.29) is 17.2 Å². The zero-order valence-electron chi connectivity index (χ0n) is 18.2. The van der Waals surface area contributed by atoms with Gasteiger partial charge in [0, 0.05) is 30.3 Å². The van der Waals surface area contributed by atoms with Crippen LogP contribution in [-0.4, -0.2) is 50.3 Å². The van der Waals surface area contributed by atoms with Crippen molar-refractivity contribution in [2.24, 2.45) is 11.0 Å². The molecule has 0 radical (unpaired) electrons. The molecule has 0 unspecified atom stereocenters. The van der Waals surface area contributed by atoms with Gasteiger partial charge in [0.25, 0.3) is 11.6 Å². The summed E-state index contributed by atoms with van der Waals surface area (Å²) in [5.41, 5.74) is 4.33. The van der Waals surface area contributed by atoms with Crippen molar-refractivity contribution >= 4 is 23.5 Å². The van der Waals surface area contributed by atoms with Crippen LogP contribution < -0.4 is 10.3 Å². The molecule has 0 bridgehead atoms. The smallest absolute Gasteiger partial charge is 0.293 e. The van der Waals surface area contributed by atoms with E-state index < -0.39 is 5.91 Å². The number of carbonyl (C=O) groups excluding carboxylic acids is 1. The summed E-state index contributed by atoms with van der Waals surface area (Å²) < 4.78 is 0. The first kappa shape index (κ1) is 22.1. The second kappa shape index (κ2) is 9.98. The highest BCUT2D eigenvalue weighted by Crippen LogP contribution is 2.32. The molecule has 1 saturated heterocycles. The second-order valence-corrected chi connectivity index (χ2v) is 7.98. The lowest BCUT2D eigenvalue weighted by atomic mass is 9.98. The van der Waals surface area contributed by atoms with Crippen molar-refractivity contribution in [1.29, 1.82) is 0 Å². The molecule has 33 heavy (non-hydrogen) atoms. The van der Waals surface area contributed by atoms with Gasteiger partial charge in [0.2, 0.25) is 5.82 Å². The summed E-state index contributed by atoms with van der Waals surface area (Å²) in [5.74, 6) is 0.604. The number of aromatic nitrogens is 4. The van der Waals surface area contributed by atoms with Gasteiger partial charge >= 0.3 is 0 Å². The Balaban J connectivity index is 1.37. The summed E-state index contributed by atoms with van der Waals surface area (Å²) in [6.45, 7) is 3.63. The summed E-state index contributed by atoms with van der Waals surface area (Å²) in [4.78, 5) is 26.6. The first-order valence-electron chi connectivity index (χ1n) is 10.7. The van der Waals surface area contributed by atoms with Gasteiger partial charge in [-0.25, -0.2) is 5.43 Å². The van der Waals surface area contributed by atoms with Crippen LogP contribution in [0.4, 0.5) is 11.4 Å². The van der Waals surface area contributed by atoms with Crippen LogP contribution in [0.5, 0.6) is 0 Å². The average Bonchev–Trinajstić information content (AvgIpc) is 3.28. The van der Waals surface area contributed by atoms with E-state index >= 15 is 0 Å². The number of piperidine rings is 1. The molecule has 0 aliphatic carbocycles. The van der Waals surface area contributed by atoms with E-state index in [1.165, 1.54) is 17.1 Å². The third kappa shape index (κ3) is 5.56. The molecule has 1 aliphatic rings. The number of amides is 1. The molecule has 1 aromatic heterocycles. The second-order valence-electron chi connectivity index (χ2n) is 7.98. The van der Waals surface area contributed by atoms with Gasteiger partial charge in [0.15, 0.2) is 0 Å². The maximum Gasteiger partial charge on any atom is 0.293 e. The number of nitrogens with one attached hydrogen (secondary N) is 1.